The fourth-order valence-electron chi connectivity index (χ4n) is 1.42. The maximum atomic E-state index is 8.99. The van der Waals surface area contributed by atoms with Gasteiger partial charge in [0.1, 0.15) is 0 Å². The van der Waals surface area contributed by atoms with E-state index in [1.54, 1.807) is 0 Å². The number of hydrogen-bond acceptors (Lipinski definition) is 3. The molecule has 0 aromatic carbocycles. The summed E-state index contributed by atoms with van der Waals surface area (Å²) >= 11 is 0. The molecule has 0 radical (unpaired) electrons. The van der Waals surface area contributed by atoms with E-state index in [1.165, 1.54) is 0 Å². The highest BCUT2D eigenvalue weighted by molar-refractivity contribution is 4.83. The second kappa shape index (κ2) is 4.44. The number of nitriles is 1. The maximum Gasteiger partial charge on any atom is 0.0666 e. The van der Waals surface area contributed by atoms with Gasteiger partial charge in [-0.3, -0.25) is 0 Å². The summed E-state index contributed by atoms with van der Waals surface area (Å²) in [6.45, 7) is 3.62. The van der Waals surface area contributed by atoms with E-state index in [4.69, 9.17) is 10.4 Å². The van der Waals surface area contributed by atoms with Crippen LogP contribution in [-0.4, -0.2) is 24.3 Å². The summed E-state index contributed by atoms with van der Waals surface area (Å²) in [5, 5.41) is 20.7. The quantitative estimate of drug-likeness (QED) is 0.643. The first-order valence-electron chi connectivity index (χ1n) is 4.50. The first-order chi connectivity index (χ1) is 5.72. The fraction of sp³-hybridized carbons (Fsp3) is 0.889. The van der Waals surface area contributed by atoms with Gasteiger partial charge < -0.3 is 10.4 Å². The largest absolute Gasteiger partial charge is 0.393 e. The van der Waals surface area contributed by atoms with Crippen molar-refractivity contribution in [2.75, 3.05) is 13.1 Å². The lowest BCUT2D eigenvalue weighted by Crippen LogP contribution is -2.37. The predicted molar refractivity (Wildman–Crippen MR) is 46.4 cm³/mol. The molecule has 0 aromatic rings. The summed E-state index contributed by atoms with van der Waals surface area (Å²) in [5.41, 5.74) is 0. The lowest BCUT2D eigenvalue weighted by molar-refractivity contribution is 0.0430. The summed E-state index contributed by atoms with van der Waals surface area (Å²) in [4.78, 5) is 0. The van der Waals surface area contributed by atoms with Crippen LogP contribution in [0.25, 0.3) is 0 Å². The Labute approximate surface area is 73.4 Å². The summed E-state index contributed by atoms with van der Waals surface area (Å²) in [6.07, 6.45) is 1.78. The van der Waals surface area contributed by atoms with Gasteiger partial charge in [-0.25, -0.2) is 0 Å². The van der Waals surface area contributed by atoms with Crippen molar-refractivity contribution in [1.82, 2.24) is 5.32 Å². The minimum atomic E-state index is -0.0646. The van der Waals surface area contributed by atoms with Crippen LogP contribution in [0.15, 0.2) is 0 Å². The molecule has 0 saturated heterocycles. The molecular formula is C9H16N2O. The average molecular weight is 168 g/mol. The number of rotatable bonds is 4. The van der Waals surface area contributed by atoms with E-state index < -0.39 is 0 Å². The van der Waals surface area contributed by atoms with Crippen molar-refractivity contribution in [1.29, 1.82) is 5.26 Å². The Balaban J connectivity index is 1.94. The van der Waals surface area contributed by atoms with Crippen molar-refractivity contribution in [3.8, 4) is 6.07 Å². The van der Waals surface area contributed by atoms with E-state index in [-0.39, 0.29) is 12.0 Å². The van der Waals surface area contributed by atoms with Gasteiger partial charge in [-0.15, -0.1) is 0 Å². The molecule has 1 aliphatic rings. The highest BCUT2D eigenvalue weighted by Gasteiger charge is 2.26. The number of nitrogens with zero attached hydrogens (tertiary/aromatic N) is 1. The van der Waals surface area contributed by atoms with Gasteiger partial charge in [-0.05, 0) is 32.2 Å². The van der Waals surface area contributed by atoms with Crippen LogP contribution in [0.5, 0.6) is 0 Å². The number of nitrogens with one attached hydrogen (secondary N) is 1. The van der Waals surface area contributed by atoms with E-state index in [1.807, 2.05) is 6.92 Å². The molecule has 0 aromatic heterocycles. The van der Waals surface area contributed by atoms with Crippen LogP contribution in [0.2, 0.25) is 0 Å². The summed E-state index contributed by atoms with van der Waals surface area (Å²) in [7, 11) is 0. The van der Waals surface area contributed by atoms with Gasteiger partial charge >= 0.3 is 0 Å². The van der Waals surface area contributed by atoms with Crippen LogP contribution in [0.4, 0.5) is 0 Å². The number of hydrogen-bond donors (Lipinski definition) is 2. The highest BCUT2D eigenvalue weighted by Crippen LogP contribution is 2.25. The Morgan fingerprint density at radius 2 is 2.33 bits per heavy atom. The van der Waals surface area contributed by atoms with E-state index in [0.29, 0.717) is 5.92 Å². The van der Waals surface area contributed by atoms with Crippen LogP contribution < -0.4 is 5.32 Å². The third-order valence-corrected chi connectivity index (χ3v) is 2.31. The predicted octanol–water partition coefficient (Wildman–Crippen LogP) is 0.507. The molecule has 3 heteroatoms. The molecule has 2 N–H and O–H groups in total. The second-order valence-corrected chi connectivity index (χ2v) is 3.68. The van der Waals surface area contributed by atoms with Gasteiger partial charge in [0, 0.05) is 6.54 Å². The summed E-state index contributed by atoms with van der Waals surface area (Å²) in [5.74, 6) is 0.723. The Bertz CT molecular complexity index is 170. The minimum Gasteiger partial charge on any atom is -0.393 e. The van der Waals surface area contributed by atoms with Crippen molar-refractivity contribution in [2.45, 2.75) is 25.9 Å². The highest BCUT2D eigenvalue weighted by atomic mass is 16.3. The summed E-state index contributed by atoms with van der Waals surface area (Å²) in [6, 6.07) is 2.17. The third-order valence-electron chi connectivity index (χ3n) is 2.31. The van der Waals surface area contributed by atoms with Gasteiger partial charge in [0.2, 0.25) is 0 Å². The molecule has 12 heavy (non-hydrogen) atoms. The molecule has 1 atom stereocenters. The minimum absolute atomic E-state index is 0.0646. The molecule has 0 bridgehead atoms. The van der Waals surface area contributed by atoms with Crippen molar-refractivity contribution in [3.63, 3.8) is 0 Å². The first-order valence-corrected chi connectivity index (χ1v) is 4.50. The van der Waals surface area contributed by atoms with Gasteiger partial charge in [0.25, 0.3) is 0 Å². The average Bonchev–Trinajstić information content (AvgIpc) is 2.01. The van der Waals surface area contributed by atoms with Crippen LogP contribution >= 0.6 is 0 Å². The van der Waals surface area contributed by atoms with E-state index in [2.05, 4.69) is 11.4 Å². The van der Waals surface area contributed by atoms with Crippen LogP contribution in [0, 0.1) is 23.2 Å². The maximum absolute atomic E-state index is 8.99. The Morgan fingerprint density at radius 1 is 1.67 bits per heavy atom. The Morgan fingerprint density at radius 3 is 2.83 bits per heavy atom. The third kappa shape index (κ3) is 2.80. The normalized spacial score (nSPS) is 30.4. The molecule has 1 rings (SSSR count). The molecule has 0 heterocycles. The SMILES string of the molecule is CC(C#N)CNCC1CC(O)C1. The molecular weight excluding hydrogens is 152 g/mol. The fourth-order valence-corrected chi connectivity index (χ4v) is 1.42. The molecule has 68 valence electrons. The Kier molecular flexibility index (Phi) is 3.51. The molecule has 0 amide bonds. The molecule has 1 saturated carbocycles. The molecule has 1 unspecified atom stereocenters. The molecule has 0 aliphatic heterocycles. The lowest BCUT2D eigenvalue weighted by atomic mass is 9.82. The van der Waals surface area contributed by atoms with Crippen LogP contribution in [0.3, 0.4) is 0 Å². The van der Waals surface area contributed by atoms with Crippen molar-refractivity contribution >= 4 is 0 Å². The number of aliphatic hydroxyl groups is 1. The van der Waals surface area contributed by atoms with Gasteiger partial charge in [-0.1, -0.05) is 0 Å². The van der Waals surface area contributed by atoms with Crippen LogP contribution in [-0.2, 0) is 0 Å². The van der Waals surface area contributed by atoms with Crippen molar-refractivity contribution < 1.29 is 5.11 Å². The van der Waals surface area contributed by atoms with Gasteiger partial charge in [0.15, 0.2) is 0 Å². The zero-order valence-corrected chi connectivity index (χ0v) is 7.45. The lowest BCUT2D eigenvalue weighted by Gasteiger charge is -2.31. The zero-order chi connectivity index (χ0) is 8.97. The van der Waals surface area contributed by atoms with Gasteiger partial charge in [0.05, 0.1) is 18.1 Å². The topological polar surface area (TPSA) is 56.0 Å². The van der Waals surface area contributed by atoms with E-state index in [9.17, 15) is 0 Å². The van der Waals surface area contributed by atoms with Crippen molar-refractivity contribution in [3.05, 3.63) is 0 Å². The van der Waals surface area contributed by atoms with Gasteiger partial charge in [-0.2, -0.15) is 5.26 Å². The van der Waals surface area contributed by atoms with Crippen LogP contribution in [0.1, 0.15) is 19.8 Å². The molecule has 0 spiro atoms. The monoisotopic (exact) mass is 168 g/mol. The molecule has 1 aliphatic carbocycles. The van der Waals surface area contributed by atoms with E-state index >= 15 is 0 Å². The standard InChI is InChI=1S/C9H16N2O/c1-7(4-10)5-11-6-8-2-9(12)3-8/h7-9,11-12H,2-3,5-6H2,1H3. The molecule has 1 fully saturated rings. The van der Waals surface area contributed by atoms with E-state index in [0.717, 1.165) is 25.9 Å². The number of aliphatic hydroxyl groups excluding tert-OH is 1. The first kappa shape index (κ1) is 9.50. The molecule has 3 nitrogen and oxygen atoms in total. The van der Waals surface area contributed by atoms with Crippen molar-refractivity contribution in [2.24, 2.45) is 11.8 Å². The Hall–Kier alpha value is -0.590. The zero-order valence-electron chi connectivity index (χ0n) is 7.45. The smallest absolute Gasteiger partial charge is 0.0666 e. The summed E-state index contributed by atoms with van der Waals surface area (Å²) < 4.78 is 0. The second-order valence-electron chi connectivity index (χ2n) is 3.68.